The molecule has 2 aromatic heterocycles. The third kappa shape index (κ3) is 2.42. The van der Waals surface area contributed by atoms with Crippen molar-refractivity contribution < 1.29 is 13.9 Å². The molecule has 0 saturated carbocycles. The normalized spacial score (nSPS) is 12.0. The zero-order valence-corrected chi connectivity index (χ0v) is 13.6. The lowest BCUT2D eigenvalue weighted by Gasteiger charge is -2.20. The number of ether oxygens (including phenoxy) is 1. The first-order valence-corrected chi connectivity index (χ1v) is 7.59. The molecule has 0 aliphatic carbocycles. The van der Waals surface area contributed by atoms with Gasteiger partial charge in [-0.05, 0) is 13.0 Å². The minimum atomic E-state index is -0.506. The van der Waals surface area contributed by atoms with Crippen LogP contribution in [0.15, 0.2) is 33.5 Å². The van der Waals surface area contributed by atoms with Crippen LogP contribution in [0.2, 0.25) is 0 Å². The number of aromatic amines is 1. The minimum absolute atomic E-state index is 0.255. The van der Waals surface area contributed by atoms with Crippen molar-refractivity contribution in [1.29, 1.82) is 0 Å². The Morgan fingerprint density at radius 2 is 1.96 bits per heavy atom. The van der Waals surface area contributed by atoms with E-state index in [2.05, 4.69) is 4.98 Å². The van der Waals surface area contributed by atoms with Gasteiger partial charge in [-0.1, -0.05) is 39.0 Å². The third-order valence-corrected chi connectivity index (χ3v) is 3.74. The highest BCUT2D eigenvalue weighted by molar-refractivity contribution is 6.16. The summed E-state index contributed by atoms with van der Waals surface area (Å²) < 4.78 is 10.7. The molecule has 0 radical (unpaired) electrons. The molecule has 120 valence electrons. The molecule has 1 aromatic carbocycles. The Labute approximate surface area is 133 Å². The van der Waals surface area contributed by atoms with Gasteiger partial charge in [0.25, 0.3) is 0 Å². The van der Waals surface area contributed by atoms with Gasteiger partial charge in [0.05, 0.1) is 6.61 Å². The predicted molar refractivity (Wildman–Crippen MR) is 89.0 cm³/mol. The number of para-hydroxylation sites is 1. The van der Waals surface area contributed by atoms with Gasteiger partial charge in [-0.25, -0.2) is 9.59 Å². The second kappa shape index (κ2) is 5.26. The number of H-pyrrole nitrogens is 1. The van der Waals surface area contributed by atoms with Gasteiger partial charge in [0.2, 0.25) is 0 Å². The molecule has 3 rings (SSSR count). The molecule has 0 amide bonds. The maximum absolute atomic E-state index is 12.6. The number of rotatable bonds is 2. The lowest BCUT2D eigenvalue weighted by atomic mass is 9.88. The first-order chi connectivity index (χ1) is 10.8. The fraction of sp³-hybridized carbons (Fsp3) is 0.333. The molecule has 5 nitrogen and oxygen atoms in total. The van der Waals surface area contributed by atoms with E-state index in [1.807, 2.05) is 45.0 Å². The quantitative estimate of drug-likeness (QED) is 0.731. The summed E-state index contributed by atoms with van der Waals surface area (Å²) in [5.74, 6) is -0.130. The van der Waals surface area contributed by atoms with Crippen LogP contribution in [-0.2, 0) is 10.2 Å². The summed E-state index contributed by atoms with van der Waals surface area (Å²) in [5.41, 5.74) is 0.419. The Kier molecular flexibility index (Phi) is 3.51. The number of esters is 1. The second-order valence-electron chi connectivity index (χ2n) is 6.48. The molecule has 0 bridgehead atoms. The molecular weight excluding hydrogens is 294 g/mol. The van der Waals surface area contributed by atoms with Crippen LogP contribution in [0.4, 0.5) is 0 Å². The Bertz CT molecular complexity index is 957. The number of benzene rings is 1. The molecule has 0 unspecified atom stereocenters. The van der Waals surface area contributed by atoms with Gasteiger partial charge < -0.3 is 14.1 Å². The second-order valence-corrected chi connectivity index (χ2v) is 6.48. The predicted octanol–water partition coefficient (Wildman–Crippen LogP) is 3.75. The van der Waals surface area contributed by atoms with Crippen LogP contribution in [0.1, 0.15) is 43.8 Å². The molecular formula is C18H19NO4. The van der Waals surface area contributed by atoms with Gasteiger partial charge in [-0.2, -0.15) is 0 Å². The van der Waals surface area contributed by atoms with Crippen LogP contribution >= 0.6 is 0 Å². The Hall–Kier alpha value is -2.56. The van der Waals surface area contributed by atoms with E-state index in [4.69, 9.17) is 9.15 Å². The molecule has 0 fully saturated rings. The Morgan fingerprint density at radius 1 is 1.26 bits per heavy atom. The first-order valence-electron chi connectivity index (χ1n) is 7.59. The number of carbonyl (C=O) groups is 1. The minimum Gasteiger partial charge on any atom is -0.462 e. The Balaban J connectivity index is 2.54. The van der Waals surface area contributed by atoms with Crippen LogP contribution in [0.5, 0.6) is 0 Å². The van der Waals surface area contributed by atoms with Crippen molar-refractivity contribution in [2.24, 2.45) is 0 Å². The average Bonchev–Trinajstić information content (AvgIpc) is 2.86. The van der Waals surface area contributed by atoms with Crippen molar-refractivity contribution in [3.8, 4) is 0 Å². The van der Waals surface area contributed by atoms with Crippen LogP contribution in [0.3, 0.4) is 0 Å². The smallest absolute Gasteiger partial charge is 0.360 e. The van der Waals surface area contributed by atoms with Gasteiger partial charge in [-0.3, -0.25) is 0 Å². The first kappa shape index (κ1) is 15.3. The van der Waals surface area contributed by atoms with E-state index in [1.54, 1.807) is 6.92 Å². The number of carbonyl (C=O) groups excluding carboxylic acids is 1. The molecule has 0 atom stereocenters. The summed E-state index contributed by atoms with van der Waals surface area (Å²) in [4.78, 5) is 28.0. The summed E-state index contributed by atoms with van der Waals surface area (Å²) in [5, 5.41) is 1.38. The van der Waals surface area contributed by atoms with Crippen LogP contribution < -0.4 is 5.63 Å². The van der Waals surface area contributed by atoms with Crippen molar-refractivity contribution in [3.05, 3.63) is 46.0 Å². The standard InChI is InChI=1S/C18H19NO4/c1-5-22-16(20)13-12-10-8-6-7-9-11(10)19-14(12)17(21)23-15(13)18(2,3)4/h6-9,19H,5H2,1-4H3. The van der Waals surface area contributed by atoms with Gasteiger partial charge in [0.15, 0.2) is 0 Å². The van der Waals surface area contributed by atoms with E-state index in [0.717, 1.165) is 10.9 Å². The molecule has 3 aromatic rings. The van der Waals surface area contributed by atoms with Crippen LogP contribution in [0.25, 0.3) is 21.8 Å². The summed E-state index contributed by atoms with van der Waals surface area (Å²) >= 11 is 0. The van der Waals surface area contributed by atoms with E-state index in [9.17, 15) is 9.59 Å². The highest BCUT2D eigenvalue weighted by atomic mass is 16.5. The largest absolute Gasteiger partial charge is 0.462 e. The third-order valence-electron chi connectivity index (χ3n) is 3.74. The van der Waals surface area contributed by atoms with E-state index in [0.29, 0.717) is 22.2 Å². The van der Waals surface area contributed by atoms with E-state index in [1.165, 1.54) is 0 Å². The molecule has 1 N–H and O–H groups in total. The monoisotopic (exact) mass is 313 g/mol. The van der Waals surface area contributed by atoms with Crippen molar-refractivity contribution >= 4 is 27.8 Å². The number of fused-ring (bicyclic) bond motifs is 3. The molecule has 0 aliphatic heterocycles. The summed E-state index contributed by atoms with van der Waals surface area (Å²) in [6.45, 7) is 7.70. The lowest BCUT2D eigenvalue weighted by Crippen LogP contribution is -2.22. The molecule has 0 saturated heterocycles. The summed E-state index contributed by atoms with van der Waals surface area (Å²) in [6.07, 6.45) is 0. The van der Waals surface area contributed by atoms with Crippen molar-refractivity contribution in [1.82, 2.24) is 4.98 Å². The number of nitrogens with one attached hydrogen (secondary N) is 1. The molecule has 5 heteroatoms. The maximum atomic E-state index is 12.6. The fourth-order valence-electron chi connectivity index (χ4n) is 2.79. The highest BCUT2D eigenvalue weighted by Crippen LogP contribution is 2.34. The number of hydrogen-bond acceptors (Lipinski definition) is 4. The van der Waals surface area contributed by atoms with Gasteiger partial charge in [0, 0.05) is 21.7 Å². The van der Waals surface area contributed by atoms with Gasteiger partial charge in [0.1, 0.15) is 16.8 Å². The van der Waals surface area contributed by atoms with Crippen LogP contribution in [0, 0.1) is 0 Å². The zero-order valence-electron chi connectivity index (χ0n) is 13.6. The van der Waals surface area contributed by atoms with Crippen LogP contribution in [-0.4, -0.2) is 17.6 Å². The highest BCUT2D eigenvalue weighted by Gasteiger charge is 2.30. The average molecular weight is 313 g/mol. The van der Waals surface area contributed by atoms with Gasteiger partial charge >= 0.3 is 11.6 Å². The number of aromatic nitrogens is 1. The maximum Gasteiger partial charge on any atom is 0.360 e. The molecule has 0 aliphatic rings. The zero-order chi connectivity index (χ0) is 16.8. The lowest BCUT2D eigenvalue weighted by molar-refractivity contribution is 0.0521. The summed E-state index contributed by atoms with van der Waals surface area (Å²) in [7, 11) is 0. The van der Waals surface area contributed by atoms with E-state index in [-0.39, 0.29) is 6.61 Å². The van der Waals surface area contributed by atoms with Crippen molar-refractivity contribution in [3.63, 3.8) is 0 Å². The van der Waals surface area contributed by atoms with E-state index >= 15 is 0 Å². The van der Waals surface area contributed by atoms with Crippen molar-refractivity contribution in [2.75, 3.05) is 6.61 Å². The Morgan fingerprint density at radius 3 is 2.61 bits per heavy atom. The molecule has 23 heavy (non-hydrogen) atoms. The number of hydrogen-bond donors (Lipinski definition) is 1. The van der Waals surface area contributed by atoms with Gasteiger partial charge in [-0.15, -0.1) is 0 Å². The fourth-order valence-corrected chi connectivity index (χ4v) is 2.79. The van der Waals surface area contributed by atoms with E-state index < -0.39 is 17.0 Å². The molecule has 0 spiro atoms. The topological polar surface area (TPSA) is 72.3 Å². The summed E-state index contributed by atoms with van der Waals surface area (Å²) in [6, 6.07) is 7.48. The molecule has 2 heterocycles. The SMILES string of the molecule is CCOC(=O)c1c(C(C)(C)C)oc(=O)c2[nH]c3ccccc3c12. The van der Waals surface area contributed by atoms with Crippen molar-refractivity contribution in [2.45, 2.75) is 33.1 Å².